The van der Waals surface area contributed by atoms with E-state index in [4.69, 9.17) is 11.6 Å². The molecule has 2 aromatic rings. The molecule has 19 heavy (non-hydrogen) atoms. The van der Waals surface area contributed by atoms with Gasteiger partial charge in [-0.3, -0.25) is 0 Å². The number of rotatable bonds is 4. The van der Waals surface area contributed by atoms with Crippen molar-refractivity contribution in [2.45, 2.75) is 38.3 Å². The number of sulfone groups is 1. The number of halogens is 1. The molecule has 0 saturated heterocycles. The van der Waals surface area contributed by atoms with Crippen LogP contribution in [0.15, 0.2) is 24.4 Å². The third-order valence-corrected chi connectivity index (χ3v) is 5.73. The molecule has 0 radical (unpaired) electrons. The Bertz CT molecular complexity index is 702. The number of benzene rings is 1. The molecule has 0 unspecified atom stereocenters. The third kappa shape index (κ3) is 2.79. The Morgan fingerprint density at radius 2 is 2.00 bits per heavy atom. The van der Waals surface area contributed by atoms with Crippen LogP contribution in [0.4, 0.5) is 0 Å². The summed E-state index contributed by atoms with van der Waals surface area (Å²) in [4.78, 5) is 0. The van der Waals surface area contributed by atoms with E-state index in [1.165, 1.54) is 0 Å². The van der Waals surface area contributed by atoms with Gasteiger partial charge >= 0.3 is 0 Å². The van der Waals surface area contributed by atoms with Crippen LogP contribution in [-0.2, 0) is 22.1 Å². The SMILES string of the molecule is CCn1cc(CS(=O)(=O)C(C)C)c2ccc(Cl)cc21. The highest BCUT2D eigenvalue weighted by Gasteiger charge is 2.19. The molecular formula is C14H18ClNO2S. The summed E-state index contributed by atoms with van der Waals surface area (Å²) in [6.45, 7) is 6.25. The largest absolute Gasteiger partial charge is 0.347 e. The Morgan fingerprint density at radius 3 is 2.58 bits per heavy atom. The van der Waals surface area contributed by atoms with E-state index in [1.54, 1.807) is 19.9 Å². The lowest BCUT2D eigenvalue weighted by atomic mass is 10.2. The van der Waals surface area contributed by atoms with Gasteiger partial charge in [0.1, 0.15) is 0 Å². The van der Waals surface area contributed by atoms with Crippen molar-refractivity contribution >= 4 is 32.3 Å². The van der Waals surface area contributed by atoms with Crippen molar-refractivity contribution < 1.29 is 8.42 Å². The fraction of sp³-hybridized carbons (Fsp3) is 0.429. The maximum Gasteiger partial charge on any atom is 0.156 e. The highest BCUT2D eigenvalue weighted by Crippen LogP contribution is 2.27. The Kier molecular flexibility index (Phi) is 3.92. The highest BCUT2D eigenvalue weighted by atomic mass is 35.5. The quantitative estimate of drug-likeness (QED) is 0.864. The molecular weight excluding hydrogens is 282 g/mol. The molecule has 1 heterocycles. The molecule has 0 spiro atoms. The molecule has 0 fully saturated rings. The van der Waals surface area contributed by atoms with E-state index in [-0.39, 0.29) is 11.0 Å². The molecule has 3 nitrogen and oxygen atoms in total. The van der Waals surface area contributed by atoms with Crippen LogP contribution < -0.4 is 0 Å². The minimum atomic E-state index is -3.09. The molecule has 0 amide bonds. The molecule has 0 N–H and O–H groups in total. The zero-order chi connectivity index (χ0) is 14.2. The summed E-state index contributed by atoms with van der Waals surface area (Å²) in [5, 5.41) is 1.27. The maximum absolute atomic E-state index is 12.1. The lowest BCUT2D eigenvalue weighted by Crippen LogP contribution is -2.15. The first-order valence-corrected chi connectivity index (χ1v) is 8.43. The van der Waals surface area contributed by atoms with Gasteiger partial charge in [-0.2, -0.15) is 0 Å². The van der Waals surface area contributed by atoms with Crippen molar-refractivity contribution in [3.63, 3.8) is 0 Å². The standard InChI is InChI=1S/C14H18ClNO2S/c1-4-16-8-11(9-19(17,18)10(2)3)13-6-5-12(15)7-14(13)16/h5-8,10H,4,9H2,1-3H3. The highest BCUT2D eigenvalue weighted by molar-refractivity contribution is 7.91. The second kappa shape index (κ2) is 5.17. The van der Waals surface area contributed by atoms with Crippen molar-refractivity contribution in [2.75, 3.05) is 0 Å². The minimum Gasteiger partial charge on any atom is -0.347 e. The number of aromatic nitrogens is 1. The van der Waals surface area contributed by atoms with Crippen LogP contribution in [0.1, 0.15) is 26.3 Å². The maximum atomic E-state index is 12.1. The lowest BCUT2D eigenvalue weighted by molar-refractivity contribution is 0.586. The summed E-state index contributed by atoms with van der Waals surface area (Å²) >= 11 is 6.01. The summed E-state index contributed by atoms with van der Waals surface area (Å²) in [5.74, 6) is 0.0792. The minimum absolute atomic E-state index is 0.0792. The molecule has 1 aromatic carbocycles. The van der Waals surface area contributed by atoms with Crippen LogP contribution in [-0.4, -0.2) is 18.2 Å². The van der Waals surface area contributed by atoms with Gasteiger partial charge in [0.2, 0.25) is 0 Å². The van der Waals surface area contributed by atoms with Crippen LogP contribution in [0, 0.1) is 0 Å². The zero-order valence-corrected chi connectivity index (χ0v) is 12.9. The summed E-state index contributed by atoms with van der Waals surface area (Å²) in [7, 11) is -3.09. The van der Waals surface area contributed by atoms with Crippen LogP contribution in [0.3, 0.4) is 0 Å². The predicted octanol–water partition coefficient (Wildman–Crippen LogP) is 3.64. The van der Waals surface area contributed by atoms with Gasteiger partial charge < -0.3 is 4.57 Å². The smallest absolute Gasteiger partial charge is 0.156 e. The Morgan fingerprint density at radius 1 is 1.32 bits per heavy atom. The summed E-state index contributed by atoms with van der Waals surface area (Å²) in [5.41, 5.74) is 1.84. The fourth-order valence-corrected chi connectivity index (χ4v) is 3.26. The van der Waals surface area contributed by atoms with Crippen LogP contribution in [0.2, 0.25) is 5.02 Å². The van der Waals surface area contributed by atoms with Crippen LogP contribution in [0.25, 0.3) is 10.9 Å². The molecule has 2 rings (SSSR count). The molecule has 0 aliphatic carbocycles. The first-order valence-electron chi connectivity index (χ1n) is 6.34. The summed E-state index contributed by atoms with van der Waals surface area (Å²) in [6, 6.07) is 5.58. The van der Waals surface area contributed by atoms with Gasteiger partial charge in [-0.1, -0.05) is 17.7 Å². The van der Waals surface area contributed by atoms with E-state index in [2.05, 4.69) is 0 Å². The molecule has 1 aromatic heterocycles. The van der Waals surface area contributed by atoms with Gasteiger partial charge in [0.15, 0.2) is 9.84 Å². The average Bonchev–Trinajstić information content (AvgIpc) is 2.66. The van der Waals surface area contributed by atoms with Gasteiger partial charge in [0, 0.05) is 28.7 Å². The van der Waals surface area contributed by atoms with Crippen LogP contribution in [0.5, 0.6) is 0 Å². The Hall–Kier alpha value is -1.00. The molecule has 0 bridgehead atoms. The topological polar surface area (TPSA) is 39.1 Å². The molecule has 104 valence electrons. The summed E-state index contributed by atoms with van der Waals surface area (Å²) in [6.07, 6.45) is 1.92. The lowest BCUT2D eigenvalue weighted by Gasteiger charge is -2.06. The average molecular weight is 300 g/mol. The van der Waals surface area contributed by atoms with Gasteiger partial charge in [-0.25, -0.2) is 8.42 Å². The first-order chi connectivity index (χ1) is 8.85. The normalized spacial score (nSPS) is 12.5. The molecule has 0 atom stereocenters. The van der Waals surface area contributed by atoms with Crippen molar-refractivity contribution in [2.24, 2.45) is 0 Å². The van der Waals surface area contributed by atoms with Gasteiger partial charge in [-0.15, -0.1) is 0 Å². The van der Waals surface area contributed by atoms with E-state index in [1.807, 2.05) is 29.8 Å². The monoisotopic (exact) mass is 299 g/mol. The van der Waals surface area contributed by atoms with E-state index in [0.29, 0.717) is 5.02 Å². The second-order valence-electron chi connectivity index (χ2n) is 4.96. The molecule has 0 aliphatic heterocycles. The van der Waals surface area contributed by atoms with Crippen molar-refractivity contribution in [3.8, 4) is 0 Å². The first kappa shape index (κ1) is 14.4. The Balaban J connectivity index is 2.56. The zero-order valence-electron chi connectivity index (χ0n) is 11.4. The van der Waals surface area contributed by atoms with Crippen molar-refractivity contribution in [1.29, 1.82) is 0 Å². The number of aryl methyl sites for hydroxylation is 1. The Labute approximate surface area is 119 Å². The number of fused-ring (bicyclic) bond motifs is 1. The fourth-order valence-electron chi connectivity index (χ4n) is 2.10. The van der Waals surface area contributed by atoms with Crippen molar-refractivity contribution in [1.82, 2.24) is 4.57 Å². The predicted molar refractivity (Wildman–Crippen MR) is 80.4 cm³/mol. The number of hydrogen-bond acceptors (Lipinski definition) is 2. The van der Waals surface area contributed by atoms with Crippen molar-refractivity contribution in [3.05, 3.63) is 35.0 Å². The summed E-state index contributed by atoms with van der Waals surface area (Å²) < 4.78 is 26.2. The van der Waals surface area contributed by atoms with E-state index in [9.17, 15) is 8.42 Å². The third-order valence-electron chi connectivity index (χ3n) is 3.34. The van der Waals surface area contributed by atoms with E-state index < -0.39 is 9.84 Å². The number of hydrogen-bond donors (Lipinski definition) is 0. The van der Waals surface area contributed by atoms with Gasteiger partial charge in [0.05, 0.1) is 11.0 Å². The molecule has 5 heteroatoms. The van der Waals surface area contributed by atoms with E-state index in [0.717, 1.165) is 23.0 Å². The molecule has 0 saturated carbocycles. The van der Waals surface area contributed by atoms with Crippen LogP contribution >= 0.6 is 11.6 Å². The van der Waals surface area contributed by atoms with Gasteiger partial charge in [-0.05, 0) is 38.5 Å². The molecule has 0 aliphatic rings. The number of nitrogens with zero attached hydrogens (tertiary/aromatic N) is 1. The second-order valence-corrected chi connectivity index (χ2v) is 7.95. The van der Waals surface area contributed by atoms with E-state index >= 15 is 0 Å². The van der Waals surface area contributed by atoms with Gasteiger partial charge in [0.25, 0.3) is 0 Å².